The second kappa shape index (κ2) is 10.8. The maximum atomic E-state index is 12.6. The molecule has 1 fully saturated rings. The maximum absolute atomic E-state index is 12.6. The van der Waals surface area contributed by atoms with Gasteiger partial charge >= 0.3 is 0 Å². The number of pyridine rings is 1. The Balaban J connectivity index is 1.48. The first-order valence-corrected chi connectivity index (χ1v) is 10.4. The van der Waals surface area contributed by atoms with Crippen LogP contribution in [-0.4, -0.2) is 67.6 Å². The van der Waals surface area contributed by atoms with Gasteiger partial charge in [-0.25, -0.2) is 0 Å². The first-order chi connectivity index (χ1) is 14.6. The zero-order chi connectivity index (χ0) is 21.3. The number of rotatable bonds is 8. The third-order valence-corrected chi connectivity index (χ3v) is 5.69. The Kier molecular flexibility index (Phi) is 7.85. The molecule has 2 aromatic rings. The number of piperidine rings is 1. The summed E-state index contributed by atoms with van der Waals surface area (Å²) in [6.07, 6.45) is 8.26. The molecule has 0 unspecified atom stereocenters. The summed E-state index contributed by atoms with van der Waals surface area (Å²) in [4.78, 5) is 21.4. The molecule has 6 nitrogen and oxygen atoms in total. The van der Waals surface area contributed by atoms with E-state index in [0.717, 1.165) is 50.2 Å². The number of ether oxygens (including phenoxy) is 2. The number of aromatic nitrogens is 1. The van der Waals surface area contributed by atoms with E-state index in [0.29, 0.717) is 11.5 Å². The number of benzene rings is 1. The highest BCUT2D eigenvalue weighted by molar-refractivity contribution is 5.91. The number of nitrogens with zero attached hydrogens (tertiary/aromatic N) is 3. The van der Waals surface area contributed by atoms with Crippen LogP contribution in [0, 0.1) is 0 Å². The Bertz CT molecular complexity index is 846. The van der Waals surface area contributed by atoms with Gasteiger partial charge in [0.2, 0.25) is 5.91 Å². The van der Waals surface area contributed by atoms with Gasteiger partial charge in [-0.1, -0.05) is 12.1 Å². The molecule has 0 atom stereocenters. The largest absolute Gasteiger partial charge is 0.493 e. The van der Waals surface area contributed by atoms with Crippen molar-refractivity contribution in [1.82, 2.24) is 14.8 Å². The van der Waals surface area contributed by atoms with Gasteiger partial charge in [0, 0.05) is 57.1 Å². The van der Waals surface area contributed by atoms with Gasteiger partial charge in [-0.05, 0) is 48.7 Å². The molecule has 1 aliphatic heterocycles. The van der Waals surface area contributed by atoms with Crippen molar-refractivity contribution < 1.29 is 14.3 Å². The lowest BCUT2D eigenvalue weighted by molar-refractivity contribution is -0.127. The molecule has 0 saturated carbocycles. The summed E-state index contributed by atoms with van der Waals surface area (Å²) in [5.41, 5.74) is 2.03. The molecule has 2 heterocycles. The molecule has 1 aliphatic rings. The molecular weight excluding hydrogens is 378 g/mol. The van der Waals surface area contributed by atoms with Crippen molar-refractivity contribution in [3.63, 3.8) is 0 Å². The van der Waals surface area contributed by atoms with E-state index in [1.54, 1.807) is 20.3 Å². The highest BCUT2D eigenvalue weighted by Gasteiger charge is 2.24. The topological polar surface area (TPSA) is 54.9 Å². The van der Waals surface area contributed by atoms with E-state index >= 15 is 0 Å². The van der Waals surface area contributed by atoms with Crippen molar-refractivity contribution in [3.05, 3.63) is 59.9 Å². The number of hydrogen-bond acceptors (Lipinski definition) is 5. The van der Waals surface area contributed by atoms with Gasteiger partial charge in [0.05, 0.1) is 14.2 Å². The number of likely N-dealkylation sites (tertiary alicyclic amines) is 1. The van der Waals surface area contributed by atoms with Crippen LogP contribution in [0.3, 0.4) is 0 Å². The van der Waals surface area contributed by atoms with Crippen LogP contribution in [0.25, 0.3) is 6.08 Å². The highest BCUT2D eigenvalue weighted by atomic mass is 16.5. The van der Waals surface area contributed by atoms with Crippen molar-refractivity contribution in [1.29, 1.82) is 0 Å². The second-order valence-corrected chi connectivity index (χ2v) is 7.54. The van der Waals surface area contributed by atoms with Gasteiger partial charge in [-0.2, -0.15) is 0 Å². The second-order valence-electron chi connectivity index (χ2n) is 7.54. The Morgan fingerprint density at radius 1 is 1.17 bits per heavy atom. The van der Waals surface area contributed by atoms with Crippen LogP contribution >= 0.6 is 0 Å². The molecule has 3 rings (SSSR count). The molecule has 0 bridgehead atoms. The molecule has 6 heteroatoms. The lowest BCUT2D eigenvalue weighted by Crippen LogP contribution is -2.45. The predicted molar refractivity (Wildman–Crippen MR) is 119 cm³/mol. The van der Waals surface area contributed by atoms with E-state index in [-0.39, 0.29) is 11.9 Å². The smallest absolute Gasteiger partial charge is 0.246 e. The minimum atomic E-state index is 0.0247. The monoisotopic (exact) mass is 409 g/mol. The maximum Gasteiger partial charge on any atom is 0.246 e. The van der Waals surface area contributed by atoms with Crippen LogP contribution in [0.1, 0.15) is 24.1 Å². The summed E-state index contributed by atoms with van der Waals surface area (Å²) in [5, 5.41) is 0. The first-order valence-electron chi connectivity index (χ1n) is 10.4. The Morgan fingerprint density at radius 3 is 2.60 bits per heavy atom. The first kappa shape index (κ1) is 21.8. The standard InChI is InChI=1S/C24H31N3O3/c1-26(24(28)10-8-19-7-9-22(29-2)23(18-19)30-3)21-12-16-27(17-13-21)15-11-20-6-4-5-14-25-20/h4-10,14,18,21H,11-13,15-17H2,1-3H3/b10-8+. The van der Waals surface area contributed by atoms with Crippen LogP contribution in [0.5, 0.6) is 11.5 Å². The molecule has 1 amide bonds. The highest BCUT2D eigenvalue weighted by Crippen LogP contribution is 2.28. The molecule has 1 saturated heterocycles. The number of methoxy groups -OCH3 is 2. The minimum Gasteiger partial charge on any atom is -0.493 e. The van der Waals surface area contributed by atoms with Gasteiger partial charge in [0.1, 0.15) is 0 Å². The van der Waals surface area contributed by atoms with Gasteiger partial charge in [-0.15, -0.1) is 0 Å². The summed E-state index contributed by atoms with van der Waals surface area (Å²) in [6.45, 7) is 3.03. The molecule has 160 valence electrons. The molecule has 0 aliphatic carbocycles. The van der Waals surface area contributed by atoms with E-state index in [9.17, 15) is 4.79 Å². The predicted octanol–water partition coefficient (Wildman–Crippen LogP) is 3.28. The van der Waals surface area contributed by atoms with E-state index in [1.807, 2.05) is 54.6 Å². The van der Waals surface area contributed by atoms with Crippen molar-refractivity contribution in [3.8, 4) is 11.5 Å². The number of amides is 1. The van der Waals surface area contributed by atoms with Gasteiger partial charge in [0.15, 0.2) is 11.5 Å². The fourth-order valence-corrected chi connectivity index (χ4v) is 3.77. The van der Waals surface area contributed by atoms with Gasteiger partial charge in [0.25, 0.3) is 0 Å². The van der Waals surface area contributed by atoms with Crippen molar-refractivity contribution in [2.75, 3.05) is 40.9 Å². The summed E-state index contributed by atoms with van der Waals surface area (Å²) in [6, 6.07) is 11.9. The minimum absolute atomic E-state index is 0.0247. The zero-order valence-corrected chi connectivity index (χ0v) is 18.1. The lowest BCUT2D eigenvalue weighted by Gasteiger charge is -2.36. The van der Waals surface area contributed by atoms with Crippen molar-refractivity contribution in [2.24, 2.45) is 0 Å². The Hall–Kier alpha value is -2.86. The molecule has 30 heavy (non-hydrogen) atoms. The number of likely N-dealkylation sites (N-methyl/N-ethyl adjacent to an activating group) is 1. The summed E-state index contributed by atoms with van der Waals surface area (Å²) >= 11 is 0. The summed E-state index contributed by atoms with van der Waals surface area (Å²) in [5.74, 6) is 1.35. The molecule has 1 aromatic heterocycles. The normalized spacial score (nSPS) is 15.3. The average molecular weight is 410 g/mol. The van der Waals surface area contributed by atoms with Crippen LogP contribution in [-0.2, 0) is 11.2 Å². The van der Waals surface area contributed by atoms with E-state index in [2.05, 4.69) is 16.0 Å². The third kappa shape index (κ3) is 5.83. The van der Waals surface area contributed by atoms with E-state index in [1.165, 1.54) is 0 Å². The van der Waals surface area contributed by atoms with Crippen molar-refractivity contribution >= 4 is 12.0 Å². The summed E-state index contributed by atoms with van der Waals surface area (Å²) < 4.78 is 10.6. The molecule has 0 spiro atoms. The quantitative estimate of drug-likeness (QED) is 0.627. The van der Waals surface area contributed by atoms with Crippen LogP contribution in [0.2, 0.25) is 0 Å². The van der Waals surface area contributed by atoms with Crippen molar-refractivity contribution in [2.45, 2.75) is 25.3 Å². The zero-order valence-electron chi connectivity index (χ0n) is 18.1. The van der Waals surface area contributed by atoms with Crippen LogP contribution < -0.4 is 9.47 Å². The Labute approximate surface area is 179 Å². The molecule has 1 aromatic carbocycles. The number of carbonyl (C=O) groups excluding carboxylic acids is 1. The van der Waals surface area contributed by atoms with Crippen LogP contribution in [0.15, 0.2) is 48.7 Å². The van der Waals surface area contributed by atoms with Gasteiger partial charge in [-0.3, -0.25) is 9.78 Å². The summed E-state index contributed by atoms with van der Waals surface area (Å²) in [7, 11) is 5.11. The van der Waals surface area contributed by atoms with E-state index < -0.39 is 0 Å². The molecular formula is C24H31N3O3. The third-order valence-electron chi connectivity index (χ3n) is 5.69. The SMILES string of the molecule is COc1ccc(/C=C/C(=O)N(C)C2CCN(CCc3ccccn3)CC2)cc1OC. The average Bonchev–Trinajstić information content (AvgIpc) is 2.81. The molecule has 0 radical (unpaired) electrons. The van der Waals surface area contributed by atoms with Gasteiger partial charge < -0.3 is 19.3 Å². The molecule has 0 N–H and O–H groups in total. The lowest BCUT2D eigenvalue weighted by atomic mass is 10.0. The number of hydrogen-bond donors (Lipinski definition) is 0. The Morgan fingerprint density at radius 2 is 1.93 bits per heavy atom. The van der Waals surface area contributed by atoms with E-state index in [4.69, 9.17) is 9.47 Å². The van der Waals surface area contributed by atoms with Crippen LogP contribution in [0.4, 0.5) is 0 Å². The fraction of sp³-hybridized carbons (Fsp3) is 0.417. The fourth-order valence-electron chi connectivity index (χ4n) is 3.77. The number of carbonyl (C=O) groups is 1.